The van der Waals surface area contributed by atoms with Crippen LogP contribution in [0.25, 0.3) is 0 Å². The Kier molecular flexibility index (Phi) is 5.25. The summed E-state index contributed by atoms with van der Waals surface area (Å²) in [5, 5.41) is 10.9. The van der Waals surface area contributed by atoms with E-state index in [9.17, 15) is 10.1 Å². The first-order valence-corrected chi connectivity index (χ1v) is 6.44. The van der Waals surface area contributed by atoms with Gasteiger partial charge in [0.1, 0.15) is 0 Å². The molecule has 0 aliphatic heterocycles. The Morgan fingerprint density at radius 3 is 2.78 bits per heavy atom. The average Bonchev–Trinajstić information content (AvgIpc) is 2.30. The number of nitrogens with two attached hydrogens (primary N) is 1. The predicted molar refractivity (Wildman–Crippen MR) is 73.3 cm³/mol. The van der Waals surface area contributed by atoms with Crippen molar-refractivity contribution in [2.24, 2.45) is 5.73 Å². The zero-order chi connectivity index (χ0) is 13.8. The third-order valence-corrected chi connectivity index (χ3v) is 3.23. The molecule has 0 heterocycles. The van der Waals surface area contributed by atoms with Gasteiger partial charge in [-0.05, 0) is 25.5 Å². The molecule has 0 bridgehead atoms. The maximum absolute atomic E-state index is 10.9. The topological polar surface area (TPSA) is 78.4 Å². The molecule has 1 aromatic carbocycles. The SMILES string of the molecule is CCC(C)(N)COCc1ccc(Br)cc1[N+](=O)[O-]. The normalized spacial score (nSPS) is 14.2. The summed E-state index contributed by atoms with van der Waals surface area (Å²) in [6.45, 7) is 4.43. The minimum Gasteiger partial charge on any atom is -0.375 e. The molecule has 0 aliphatic rings. The van der Waals surface area contributed by atoms with Gasteiger partial charge in [-0.3, -0.25) is 10.1 Å². The van der Waals surface area contributed by atoms with Crippen LogP contribution in [-0.2, 0) is 11.3 Å². The van der Waals surface area contributed by atoms with E-state index in [1.54, 1.807) is 12.1 Å². The summed E-state index contributed by atoms with van der Waals surface area (Å²) < 4.78 is 6.14. The highest BCUT2D eigenvalue weighted by atomic mass is 79.9. The fraction of sp³-hybridized carbons (Fsp3) is 0.500. The van der Waals surface area contributed by atoms with E-state index >= 15 is 0 Å². The summed E-state index contributed by atoms with van der Waals surface area (Å²) in [5.41, 5.74) is 6.14. The molecule has 1 aromatic rings. The first-order valence-electron chi connectivity index (χ1n) is 5.65. The van der Waals surface area contributed by atoms with Crippen molar-refractivity contribution in [3.05, 3.63) is 38.3 Å². The van der Waals surface area contributed by atoms with Gasteiger partial charge in [0.2, 0.25) is 0 Å². The van der Waals surface area contributed by atoms with E-state index < -0.39 is 10.5 Å². The van der Waals surface area contributed by atoms with Crippen LogP contribution in [0.2, 0.25) is 0 Å². The van der Waals surface area contributed by atoms with Crippen LogP contribution in [0.15, 0.2) is 22.7 Å². The molecule has 5 nitrogen and oxygen atoms in total. The summed E-state index contributed by atoms with van der Waals surface area (Å²) in [4.78, 5) is 10.5. The molecule has 1 rings (SSSR count). The van der Waals surface area contributed by atoms with Gasteiger partial charge in [-0.15, -0.1) is 0 Å². The van der Waals surface area contributed by atoms with Crippen molar-refractivity contribution >= 4 is 21.6 Å². The van der Waals surface area contributed by atoms with Crippen LogP contribution in [0.5, 0.6) is 0 Å². The highest BCUT2D eigenvalue weighted by Crippen LogP contribution is 2.24. The van der Waals surface area contributed by atoms with Crippen molar-refractivity contribution in [1.82, 2.24) is 0 Å². The lowest BCUT2D eigenvalue weighted by Gasteiger charge is -2.22. The standard InChI is InChI=1S/C12H17BrN2O3/c1-3-12(2,14)8-18-7-9-4-5-10(13)6-11(9)15(16)17/h4-6H,3,7-8,14H2,1-2H3. The molecule has 0 saturated carbocycles. The molecule has 0 saturated heterocycles. The molecule has 100 valence electrons. The second kappa shape index (κ2) is 6.26. The highest BCUT2D eigenvalue weighted by Gasteiger charge is 2.18. The average molecular weight is 317 g/mol. The lowest BCUT2D eigenvalue weighted by molar-refractivity contribution is -0.386. The Morgan fingerprint density at radius 2 is 2.22 bits per heavy atom. The first-order chi connectivity index (χ1) is 8.35. The fourth-order valence-electron chi connectivity index (χ4n) is 1.33. The van der Waals surface area contributed by atoms with E-state index in [1.165, 1.54) is 6.07 Å². The highest BCUT2D eigenvalue weighted by molar-refractivity contribution is 9.10. The van der Waals surface area contributed by atoms with Crippen LogP contribution in [0, 0.1) is 10.1 Å². The number of nitrogens with zero attached hydrogens (tertiary/aromatic N) is 1. The second-order valence-corrected chi connectivity index (χ2v) is 5.45. The lowest BCUT2D eigenvalue weighted by atomic mass is 10.0. The third kappa shape index (κ3) is 4.36. The number of benzene rings is 1. The van der Waals surface area contributed by atoms with Crippen LogP contribution >= 0.6 is 15.9 Å². The van der Waals surface area contributed by atoms with Crippen molar-refractivity contribution in [2.45, 2.75) is 32.4 Å². The van der Waals surface area contributed by atoms with Crippen LogP contribution in [0.1, 0.15) is 25.8 Å². The molecule has 0 spiro atoms. The maximum Gasteiger partial charge on any atom is 0.276 e. The van der Waals surface area contributed by atoms with E-state index in [0.717, 1.165) is 6.42 Å². The molecule has 2 N–H and O–H groups in total. The number of hydrogen-bond acceptors (Lipinski definition) is 4. The Morgan fingerprint density at radius 1 is 1.56 bits per heavy atom. The van der Waals surface area contributed by atoms with Crippen molar-refractivity contribution in [2.75, 3.05) is 6.61 Å². The maximum atomic E-state index is 10.9. The van der Waals surface area contributed by atoms with Crippen LogP contribution in [0.3, 0.4) is 0 Å². The Hall–Kier alpha value is -0.980. The Bertz CT molecular complexity index is 435. The van der Waals surface area contributed by atoms with E-state index in [4.69, 9.17) is 10.5 Å². The number of rotatable bonds is 6. The van der Waals surface area contributed by atoms with Gasteiger partial charge in [-0.1, -0.05) is 22.9 Å². The third-order valence-electron chi connectivity index (χ3n) is 2.74. The molecular formula is C12H17BrN2O3. The summed E-state index contributed by atoms with van der Waals surface area (Å²) in [6.07, 6.45) is 0.787. The zero-order valence-electron chi connectivity index (χ0n) is 10.5. The van der Waals surface area contributed by atoms with Crippen molar-refractivity contribution in [3.63, 3.8) is 0 Å². The number of hydrogen-bond donors (Lipinski definition) is 1. The number of nitro benzene ring substituents is 1. The largest absolute Gasteiger partial charge is 0.375 e. The van der Waals surface area contributed by atoms with Crippen LogP contribution in [0.4, 0.5) is 5.69 Å². The summed E-state index contributed by atoms with van der Waals surface area (Å²) in [6, 6.07) is 4.91. The molecule has 18 heavy (non-hydrogen) atoms. The van der Waals surface area contributed by atoms with Gasteiger partial charge in [0, 0.05) is 16.1 Å². The summed E-state index contributed by atoms with van der Waals surface area (Å²) >= 11 is 3.21. The summed E-state index contributed by atoms with van der Waals surface area (Å²) in [7, 11) is 0. The number of ether oxygens (including phenoxy) is 1. The van der Waals surface area contributed by atoms with Crippen LogP contribution < -0.4 is 5.73 Å². The Labute approximate surface area is 115 Å². The molecule has 0 aromatic heterocycles. The van der Waals surface area contributed by atoms with Gasteiger partial charge < -0.3 is 10.5 Å². The first kappa shape index (κ1) is 15.1. The molecule has 0 amide bonds. The van der Waals surface area contributed by atoms with E-state index in [0.29, 0.717) is 16.6 Å². The lowest BCUT2D eigenvalue weighted by Crippen LogP contribution is -2.40. The van der Waals surface area contributed by atoms with Crippen molar-refractivity contribution in [3.8, 4) is 0 Å². The van der Waals surface area contributed by atoms with E-state index in [-0.39, 0.29) is 12.3 Å². The van der Waals surface area contributed by atoms with E-state index in [1.807, 2.05) is 13.8 Å². The smallest absolute Gasteiger partial charge is 0.276 e. The molecule has 0 radical (unpaired) electrons. The van der Waals surface area contributed by atoms with Crippen molar-refractivity contribution < 1.29 is 9.66 Å². The molecule has 1 unspecified atom stereocenters. The van der Waals surface area contributed by atoms with Gasteiger partial charge >= 0.3 is 0 Å². The van der Waals surface area contributed by atoms with Gasteiger partial charge in [0.25, 0.3) is 5.69 Å². The van der Waals surface area contributed by atoms with Crippen LogP contribution in [-0.4, -0.2) is 17.1 Å². The van der Waals surface area contributed by atoms with E-state index in [2.05, 4.69) is 15.9 Å². The van der Waals surface area contributed by atoms with Crippen molar-refractivity contribution in [1.29, 1.82) is 0 Å². The minimum atomic E-state index is -0.412. The minimum absolute atomic E-state index is 0.0552. The molecule has 0 fully saturated rings. The summed E-state index contributed by atoms with van der Waals surface area (Å²) in [5.74, 6) is 0. The quantitative estimate of drug-likeness (QED) is 0.646. The molecule has 6 heteroatoms. The molecule has 1 atom stereocenters. The Balaban J connectivity index is 2.70. The van der Waals surface area contributed by atoms with Gasteiger partial charge in [-0.25, -0.2) is 0 Å². The second-order valence-electron chi connectivity index (χ2n) is 4.53. The number of halogens is 1. The monoisotopic (exact) mass is 316 g/mol. The van der Waals surface area contributed by atoms with Gasteiger partial charge in [0.15, 0.2) is 0 Å². The van der Waals surface area contributed by atoms with Gasteiger partial charge in [0.05, 0.1) is 23.7 Å². The molecular weight excluding hydrogens is 300 g/mol. The number of nitro groups is 1. The zero-order valence-corrected chi connectivity index (χ0v) is 12.1. The van der Waals surface area contributed by atoms with Gasteiger partial charge in [-0.2, -0.15) is 0 Å². The predicted octanol–water partition coefficient (Wildman–Crippen LogP) is 3.00. The molecule has 0 aliphatic carbocycles. The fourth-order valence-corrected chi connectivity index (χ4v) is 1.67.